The molecule has 0 aliphatic carbocycles. The Kier molecular flexibility index (Phi) is 2.29. The quantitative estimate of drug-likeness (QED) is 0.753. The number of benzene rings is 1. The number of hydrogen-bond donors (Lipinski definition) is 0. The van der Waals surface area contributed by atoms with Crippen molar-refractivity contribution in [1.29, 1.82) is 0 Å². The van der Waals surface area contributed by atoms with Crippen molar-refractivity contribution in [2.24, 2.45) is 7.05 Å². The molecule has 0 saturated heterocycles. The van der Waals surface area contributed by atoms with Crippen LogP contribution in [0, 0.1) is 6.92 Å². The Labute approximate surface area is 89.4 Å². The third-order valence-corrected chi connectivity index (χ3v) is 2.24. The van der Waals surface area contributed by atoms with Crippen molar-refractivity contribution >= 4 is 10.9 Å². The first-order chi connectivity index (χ1) is 7.37. The van der Waals surface area contributed by atoms with Gasteiger partial charge in [0.05, 0.1) is 11.2 Å². The highest BCUT2D eigenvalue weighted by molar-refractivity contribution is 5.83. The Bertz CT molecular complexity index is 531. The summed E-state index contributed by atoms with van der Waals surface area (Å²) in [5.41, 5.74) is 1.44. The minimum atomic E-state index is -4.66. The fourth-order valence-corrected chi connectivity index (χ4v) is 1.62. The summed E-state index contributed by atoms with van der Waals surface area (Å²) in [4.78, 5) is 0. The molecule has 3 nitrogen and oxygen atoms in total. The molecule has 0 spiro atoms. The maximum Gasteiger partial charge on any atom is 0.573 e. The first-order valence-corrected chi connectivity index (χ1v) is 4.56. The molecule has 86 valence electrons. The minimum Gasteiger partial charge on any atom is -0.406 e. The van der Waals surface area contributed by atoms with Crippen LogP contribution in [0.2, 0.25) is 0 Å². The molecule has 0 unspecified atom stereocenters. The van der Waals surface area contributed by atoms with E-state index in [0.717, 1.165) is 5.52 Å². The second-order valence-corrected chi connectivity index (χ2v) is 3.44. The molecule has 16 heavy (non-hydrogen) atoms. The second-order valence-electron chi connectivity index (χ2n) is 3.44. The summed E-state index contributed by atoms with van der Waals surface area (Å²) in [5, 5.41) is 4.76. The predicted molar refractivity (Wildman–Crippen MR) is 52.1 cm³/mol. The van der Waals surface area contributed by atoms with E-state index in [1.54, 1.807) is 24.7 Å². The Morgan fingerprint density at radius 2 is 2.00 bits per heavy atom. The zero-order chi connectivity index (χ0) is 11.9. The summed E-state index contributed by atoms with van der Waals surface area (Å²) in [7, 11) is 1.74. The second kappa shape index (κ2) is 3.40. The van der Waals surface area contributed by atoms with Gasteiger partial charge >= 0.3 is 6.36 Å². The number of ether oxygens (including phenoxy) is 1. The van der Waals surface area contributed by atoms with E-state index in [1.165, 1.54) is 12.1 Å². The summed E-state index contributed by atoms with van der Waals surface area (Å²) in [5.74, 6) is -0.226. The molecule has 0 saturated carbocycles. The lowest BCUT2D eigenvalue weighted by atomic mass is 10.2. The summed E-state index contributed by atoms with van der Waals surface area (Å²) in [6, 6.07) is 4.17. The lowest BCUT2D eigenvalue weighted by molar-refractivity contribution is -0.274. The van der Waals surface area contributed by atoms with Gasteiger partial charge in [0.1, 0.15) is 5.75 Å². The molecule has 6 heteroatoms. The molecule has 0 N–H and O–H groups in total. The van der Waals surface area contributed by atoms with Crippen molar-refractivity contribution in [3.63, 3.8) is 0 Å². The van der Waals surface area contributed by atoms with Crippen LogP contribution in [0.5, 0.6) is 5.75 Å². The number of nitrogens with zero attached hydrogens (tertiary/aromatic N) is 2. The van der Waals surface area contributed by atoms with Crippen molar-refractivity contribution < 1.29 is 17.9 Å². The van der Waals surface area contributed by atoms with Gasteiger partial charge in [0.15, 0.2) is 0 Å². The number of rotatable bonds is 1. The molecule has 0 amide bonds. The molecule has 0 bridgehead atoms. The van der Waals surface area contributed by atoms with Crippen LogP contribution in [0.25, 0.3) is 10.9 Å². The van der Waals surface area contributed by atoms with Crippen molar-refractivity contribution in [3.8, 4) is 5.75 Å². The third kappa shape index (κ3) is 1.95. The van der Waals surface area contributed by atoms with Gasteiger partial charge in [-0.15, -0.1) is 13.2 Å². The Hall–Kier alpha value is -1.72. The number of fused-ring (bicyclic) bond motifs is 1. The standard InChI is InChI=1S/C10H9F3N2O/c1-6-8-5-7(16-10(11,12)13)3-4-9(8)15(2)14-6/h3-5H,1-2H3. The molecule has 0 aliphatic rings. The van der Waals surface area contributed by atoms with Gasteiger partial charge in [0.25, 0.3) is 0 Å². The van der Waals surface area contributed by atoms with Gasteiger partial charge in [0.2, 0.25) is 0 Å². The maximum atomic E-state index is 12.0. The molecule has 1 aromatic heterocycles. The monoisotopic (exact) mass is 230 g/mol. The number of halogens is 3. The van der Waals surface area contributed by atoms with E-state index in [1.807, 2.05) is 0 Å². The fraction of sp³-hybridized carbons (Fsp3) is 0.300. The summed E-state index contributed by atoms with van der Waals surface area (Å²) < 4.78 is 41.5. The molecule has 2 aromatic rings. The van der Waals surface area contributed by atoms with Crippen molar-refractivity contribution in [3.05, 3.63) is 23.9 Å². The average molecular weight is 230 g/mol. The van der Waals surface area contributed by atoms with Crippen LogP contribution in [-0.4, -0.2) is 16.1 Å². The Morgan fingerprint density at radius 3 is 2.62 bits per heavy atom. The number of aromatic nitrogens is 2. The molecular weight excluding hydrogens is 221 g/mol. The van der Waals surface area contributed by atoms with E-state index < -0.39 is 6.36 Å². The van der Waals surface area contributed by atoms with Crippen LogP contribution < -0.4 is 4.74 Å². The van der Waals surface area contributed by atoms with E-state index in [0.29, 0.717) is 11.1 Å². The lowest BCUT2D eigenvalue weighted by Gasteiger charge is -2.08. The van der Waals surface area contributed by atoms with Gasteiger partial charge in [0, 0.05) is 12.4 Å². The zero-order valence-corrected chi connectivity index (χ0v) is 8.67. The molecular formula is C10H9F3N2O. The van der Waals surface area contributed by atoms with Crippen molar-refractivity contribution in [1.82, 2.24) is 9.78 Å². The lowest BCUT2D eigenvalue weighted by Crippen LogP contribution is -2.16. The number of aryl methyl sites for hydroxylation is 2. The molecule has 0 atom stereocenters. The Balaban J connectivity index is 2.48. The topological polar surface area (TPSA) is 27.1 Å². The summed E-state index contributed by atoms with van der Waals surface area (Å²) in [6.45, 7) is 1.74. The molecule has 1 heterocycles. The smallest absolute Gasteiger partial charge is 0.406 e. The molecule has 0 fully saturated rings. The van der Waals surface area contributed by atoms with E-state index in [9.17, 15) is 13.2 Å². The zero-order valence-electron chi connectivity index (χ0n) is 8.67. The third-order valence-electron chi connectivity index (χ3n) is 2.24. The highest BCUT2D eigenvalue weighted by Gasteiger charge is 2.31. The normalized spacial score (nSPS) is 12.1. The van der Waals surface area contributed by atoms with Crippen LogP contribution >= 0.6 is 0 Å². The van der Waals surface area contributed by atoms with Gasteiger partial charge in [-0.25, -0.2) is 0 Å². The summed E-state index contributed by atoms with van der Waals surface area (Å²) in [6.07, 6.45) is -4.66. The van der Waals surface area contributed by atoms with Crippen LogP contribution in [0.3, 0.4) is 0 Å². The van der Waals surface area contributed by atoms with E-state index in [4.69, 9.17) is 0 Å². The van der Waals surface area contributed by atoms with E-state index >= 15 is 0 Å². The average Bonchev–Trinajstić information content (AvgIpc) is 2.40. The molecule has 1 aromatic carbocycles. The largest absolute Gasteiger partial charge is 0.573 e. The van der Waals surface area contributed by atoms with Crippen LogP contribution in [-0.2, 0) is 7.05 Å². The number of alkyl halides is 3. The molecule has 0 aliphatic heterocycles. The molecule has 2 rings (SSSR count). The van der Waals surface area contributed by atoms with Crippen molar-refractivity contribution in [2.45, 2.75) is 13.3 Å². The first kappa shape index (κ1) is 10.8. The van der Waals surface area contributed by atoms with Crippen LogP contribution in [0.4, 0.5) is 13.2 Å². The fourth-order valence-electron chi connectivity index (χ4n) is 1.62. The Morgan fingerprint density at radius 1 is 1.31 bits per heavy atom. The van der Waals surface area contributed by atoms with E-state index in [-0.39, 0.29) is 5.75 Å². The first-order valence-electron chi connectivity index (χ1n) is 4.56. The summed E-state index contributed by atoms with van der Waals surface area (Å²) >= 11 is 0. The van der Waals surface area contributed by atoms with Gasteiger partial charge in [-0.2, -0.15) is 5.10 Å². The van der Waals surface area contributed by atoms with Gasteiger partial charge in [-0.05, 0) is 25.1 Å². The molecule has 0 radical (unpaired) electrons. The van der Waals surface area contributed by atoms with E-state index in [2.05, 4.69) is 9.84 Å². The minimum absolute atomic E-state index is 0.226. The SMILES string of the molecule is Cc1nn(C)c2ccc(OC(F)(F)F)cc12. The van der Waals surface area contributed by atoms with Gasteiger partial charge in [-0.3, -0.25) is 4.68 Å². The van der Waals surface area contributed by atoms with Crippen LogP contribution in [0.1, 0.15) is 5.69 Å². The van der Waals surface area contributed by atoms with Gasteiger partial charge in [-0.1, -0.05) is 0 Å². The highest BCUT2D eigenvalue weighted by atomic mass is 19.4. The highest BCUT2D eigenvalue weighted by Crippen LogP contribution is 2.27. The predicted octanol–water partition coefficient (Wildman–Crippen LogP) is 2.78. The van der Waals surface area contributed by atoms with Gasteiger partial charge < -0.3 is 4.74 Å². The van der Waals surface area contributed by atoms with Crippen LogP contribution in [0.15, 0.2) is 18.2 Å². The number of hydrogen-bond acceptors (Lipinski definition) is 2. The van der Waals surface area contributed by atoms with Crippen molar-refractivity contribution in [2.75, 3.05) is 0 Å². The maximum absolute atomic E-state index is 12.0.